The van der Waals surface area contributed by atoms with Gasteiger partial charge in [-0.1, -0.05) is 0 Å². The normalized spacial score (nSPS) is 24.7. The van der Waals surface area contributed by atoms with Gasteiger partial charge in [0.25, 0.3) is 0 Å². The molecule has 2 aromatic heterocycles. The Hall–Kier alpha value is -1.20. The van der Waals surface area contributed by atoms with Gasteiger partial charge < -0.3 is 9.64 Å². The van der Waals surface area contributed by atoms with Gasteiger partial charge >= 0.3 is 0 Å². The number of nitrogens with zero attached hydrogens (tertiary/aromatic N) is 3. The molecular formula is C13H17N3OS. The van der Waals surface area contributed by atoms with Crippen molar-refractivity contribution in [3.63, 3.8) is 0 Å². The predicted octanol–water partition coefficient (Wildman–Crippen LogP) is 2.61. The molecule has 0 bridgehead atoms. The number of morpholine rings is 1. The number of hydrogen-bond donors (Lipinski definition) is 0. The highest BCUT2D eigenvalue weighted by molar-refractivity contribution is 7.18. The van der Waals surface area contributed by atoms with Crippen molar-refractivity contribution in [3.05, 3.63) is 17.3 Å². The molecule has 1 aliphatic heterocycles. The third-order valence-electron chi connectivity index (χ3n) is 3.23. The fourth-order valence-electron chi connectivity index (χ4n) is 2.53. The summed E-state index contributed by atoms with van der Waals surface area (Å²) in [5, 5.41) is 2.15. The Bertz CT molecular complexity index is 558. The maximum absolute atomic E-state index is 5.77. The monoisotopic (exact) mass is 263 g/mol. The standard InChI is InChI=1S/C13H17N3OS/c1-8-6-18-12-11(8)14-7-15-13(12)16-4-9(2)17-10(3)5-16/h6-7,9-10H,4-5H2,1-3H3/t9-,10-/m1/s1. The Morgan fingerprint density at radius 1 is 1.28 bits per heavy atom. The molecule has 2 aromatic rings. The Kier molecular flexibility index (Phi) is 2.95. The fraction of sp³-hybridized carbons (Fsp3) is 0.538. The largest absolute Gasteiger partial charge is 0.372 e. The second kappa shape index (κ2) is 4.48. The van der Waals surface area contributed by atoms with Crippen molar-refractivity contribution >= 4 is 27.4 Å². The zero-order chi connectivity index (χ0) is 12.7. The first-order valence-electron chi connectivity index (χ1n) is 6.24. The van der Waals surface area contributed by atoms with Crippen LogP contribution in [-0.4, -0.2) is 35.3 Å². The van der Waals surface area contributed by atoms with Gasteiger partial charge in [-0.15, -0.1) is 11.3 Å². The average molecular weight is 263 g/mol. The van der Waals surface area contributed by atoms with Crippen LogP contribution in [0.3, 0.4) is 0 Å². The maximum atomic E-state index is 5.77. The van der Waals surface area contributed by atoms with Crippen LogP contribution in [0.15, 0.2) is 11.7 Å². The van der Waals surface area contributed by atoms with E-state index in [0.29, 0.717) is 0 Å². The summed E-state index contributed by atoms with van der Waals surface area (Å²) >= 11 is 1.73. The minimum Gasteiger partial charge on any atom is -0.372 e. The second-order valence-electron chi connectivity index (χ2n) is 4.96. The fourth-order valence-corrected chi connectivity index (χ4v) is 3.55. The van der Waals surface area contributed by atoms with E-state index in [1.165, 1.54) is 10.3 Å². The van der Waals surface area contributed by atoms with Gasteiger partial charge in [0, 0.05) is 13.1 Å². The van der Waals surface area contributed by atoms with E-state index >= 15 is 0 Å². The van der Waals surface area contributed by atoms with Crippen molar-refractivity contribution in [1.29, 1.82) is 0 Å². The zero-order valence-electron chi connectivity index (χ0n) is 10.9. The highest BCUT2D eigenvalue weighted by Crippen LogP contribution is 2.32. The van der Waals surface area contributed by atoms with E-state index in [1.54, 1.807) is 17.7 Å². The van der Waals surface area contributed by atoms with Gasteiger partial charge in [-0.25, -0.2) is 9.97 Å². The second-order valence-corrected chi connectivity index (χ2v) is 5.84. The molecule has 2 atom stereocenters. The Balaban J connectivity index is 2.03. The Morgan fingerprint density at radius 3 is 2.72 bits per heavy atom. The van der Waals surface area contributed by atoms with Crippen LogP contribution in [-0.2, 0) is 4.74 Å². The van der Waals surface area contributed by atoms with Crippen molar-refractivity contribution in [2.45, 2.75) is 33.0 Å². The highest BCUT2D eigenvalue weighted by atomic mass is 32.1. The topological polar surface area (TPSA) is 38.2 Å². The molecule has 0 spiro atoms. The number of thiophene rings is 1. The number of hydrogen-bond acceptors (Lipinski definition) is 5. The number of rotatable bonds is 1. The summed E-state index contributed by atoms with van der Waals surface area (Å²) in [7, 11) is 0. The first-order chi connectivity index (χ1) is 8.65. The molecule has 0 N–H and O–H groups in total. The summed E-state index contributed by atoms with van der Waals surface area (Å²) in [4.78, 5) is 11.2. The summed E-state index contributed by atoms with van der Waals surface area (Å²) in [5.74, 6) is 1.06. The molecule has 3 heterocycles. The van der Waals surface area contributed by atoms with Crippen molar-refractivity contribution in [2.24, 2.45) is 0 Å². The first-order valence-corrected chi connectivity index (χ1v) is 7.12. The lowest BCUT2D eigenvalue weighted by molar-refractivity contribution is -0.00536. The van der Waals surface area contributed by atoms with Crippen LogP contribution >= 0.6 is 11.3 Å². The number of ether oxygens (including phenoxy) is 1. The van der Waals surface area contributed by atoms with Crippen molar-refractivity contribution in [1.82, 2.24) is 9.97 Å². The van der Waals surface area contributed by atoms with E-state index in [0.717, 1.165) is 24.4 Å². The minimum atomic E-state index is 0.250. The molecule has 18 heavy (non-hydrogen) atoms. The average Bonchev–Trinajstić information content (AvgIpc) is 2.70. The van der Waals surface area contributed by atoms with Gasteiger partial charge in [-0.2, -0.15) is 0 Å². The maximum Gasteiger partial charge on any atom is 0.150 e. The lowest BCUT2D eigenvalue weighted by atomic mass is 10.2. The first kappa shape index (κ1) is 11.9. The van der Waals surface area contributed by atoms with Crippen LogP contribution in [0.4, 0.5) is 5.82 Å². The summed E-state index contributed by atoms with van der Waals surface area (Å²) in [6.07, 6.45) is 2.17. The van der Waals surface area contributed by atoms with E-state index in [-0.39, 0.29) is 12.2 Å². The SMILES string of the molecule is Cc1csc2c(N3C[C@@H](C)O[C@H](C)C3)ncnc12. The lowest BCUT2D eigenvalue weighted by Gasteiger charge is -2.36. The van der Waals surface area contributed by atoms with Gasteiger partial charge in [-0.3, -0.25) is 0 Å². The summed E-state index contributed by atoms with van der Waals surface area (Å²) in [5.41, 5.74) is 2.31. The molecule has 0 unspecified atom stereocenters. The summed E-state index contributed by atoms with van der Waals surface area (Å²) < 4.78 is 6.96. The molecule has 4 nitrogen and oxygen atoms in total. The molecule has 1 fully saturated rings. The highest BCUT2D eigenvalue weighted by Gasteiger charge is 2.25. The van der Waals surface area contributed by atoms with Crippen LogP contribution in [0.1, 0.15) is 19.4 Å². The quantitative estimate of drug-likeness (QED) is 0.792. The van der Waals surface area contributed by atoms with Gasteiger partial charge in [0.2, 0.25) is 0 Å². The van der Waals surface area contributed by atoms with E-state index in [2.05, 4.69) is 41.0 Å². The third kappa shape index (κ3) is 1.97. The molecular weight excluding hydrogens is 246 g/mol. The van der Waals surface area contributed by atoms with Crippen LogP contribution < -0.4 is 4.90 Å². The molecule has 3 rings (SSSR count). The zero-order valence-corrected chi connectivity index (χ0v) is 11.7. The molecule has 0 aliphatic carbocycles. The Morgan fingerprint density at radius 2 is 2.00 bits per heavy atom. The van der Waals surface area contributed by atoms with Crippen LogP contribution in [0.25, 0.3) is 10.2 Å². The van der Waals surface area contributed by atoms with Crippen molar-refractivity contribution in [3.8, 4) is 0 Å². The third-order valence-corrected chi connectivity index (χ3v) is 4.31. The molecule has 0 amide bonds. The number of fused-ring (bicyclic) bond motifs is 1. The lowest BCUT2D eigenvalue weighted by Crippen LogP contribution is -2.45. The van der Waals surface area contributed by atoms with E-state index in [1.807, 2.05) is 0 Å². The molecule has 1 saturated heterocycles. The molecule has 0 radical (unpaired) electrons. The van der Waals surface area contributed by atoms with Crippen molar-refractivity contribution < 1.29 is 4.74 Å². The molecule has 0 aromatic carbocycles. The van der Waals surface area contributed by atoms with Crippen molar-refractivity contribution in [2.75, 3.05) is 18.0 Å². The molecule has 96 valence electrons. The summed E-state index contributed by atoms with van der Waals surface area (Å²) in [6, 6.07) is 0. The van der Waals surface area contributed by atoms with E-state index in [4.69, 9.17) is 4.74 Å². The van der Waals surface area contributed by atoms with E-state index in [9.17, 15) is 0 Å². The molecule has 5 heteroatoms. The van der Waals surface area contributed by atoms with Crippen LogP contribution in [0.2, 0.25) is 0 Å². The van der Waals surface area contributed by atoms with Gasteiger partial charge in [-0.05, 0) is 31.7 Å². The predicted molar refractivity (Wildman–Crippen MR) is 74.4 cm³/mol. The van der Waals surface area contributed by atoms with Crippen LogP contribution in [0.5, 0.6) is 0 Å². The van der Waals surface area contributed by atoms with E-state index < -0.39 is 0 Å². The Labute approximate surface area is 111 Å². The van der Waals surface area contributed by atoms with Gasteiger partial charge in [0.15, 0.2) is 0 Å². The van der Waals surface area contributed by atoms with Gasteiger partial charge in [0.1, 0.15) is 12.1 Å². The molecule has 0 saturated carbocycles. The minimum absolute atomic E-state index is 0.250. The smallest absolute Gasteiger partial charge is 0.150 e. The summed E-state index contributed by atoms with van der Waals surface area (Å²) in [6.45, 7) is 8.11. The van der Waals surface area contributed by atoms with Gasteiger partial charge in [0.05, 0.1) is 22.4 Å². The number of aromatic nitrogens is 2. The number of aryl methyl sites for hydroxylation is 1. The van der Waals surface area contributed by atoms with Crippen LogP contribution in [0, 0.1) is 6.92 Å². The number of anilines is 1. The molecule has 1 aliphatic rings.